The fourth-order valence-corrected chi connectivity index (χ4v) is 9.52. The molecule has 0 unspecified atom stereocenters. The topological polar surface area (TPSA) is 161 Å². The summed E-state index contributed by atoms with van der Waals surface area (Å²) in [6, 6.07) is 8.86. The van der Waals surface area contributed by atoms with Crippen LogP contribution in [0.3, 0.4) is 0 Å². The maximum atomic E-state index is 11.1. The van der Waals surface area contributed by atoms with Gasteiger partial charge in [0.2, 0.25) is 0 Å². The Bertz CT molecular complexity index is 1130. The molecule has 0 saturated carbocycles. The number of benzene rings is 2. The summed E-state index contributed by atoms with van der Waals surface area (Å²) in [5.41, 5.74) is -0.0338. The SMILES string of the molecule is CCCCCCCCc1cccc(C(=O)[O-])c1C(=O)[O-].CCCCCCCCc1cccc(C(=O)[O-])c1C(=O)[O-].CCC[CH2][Sn+4][CH2]CCC. The van der Waals surface area contributed by atoms with Crippen molar-refractivity contribution in [1.29, 1.82) is 0 Å². The summed E-state index contributed by atoms with van der Waals surface area (Å²) in [5, 5.41) is 44.1. The molecule has 0 bridgehead atoms. The molecule has 0 aliphatic heterocycles. The van der Waals surface area contributed by atoms with E-state index in [9.17, 15) is 39.6 Å². The number of hydrogen-bond acceptors (Lipinski definition) is 8. The van der Waals surface area contributed by atoms with Crippen molar-refractivity contribution in [2.45, 2.75) is 152 Å². The first kappa shape index (κ1) is 46.1. The number of carbonyl (C=O) groups is 4. The van der Waals surface area contributed by atoms with E-state index in [-0.39, 0.29) is 43.4 Å². The van der Waals surface area contributed by atoms with Crippen LogP contribution in [0.1, 0.15) is 183 Å². The Kier molecular flexibility index (Phi) is 28.2. The van der Waals surface area contributed by atoms with Crippen LogP contribution in [-0.2, 0) is 12.8 Å². The number of hydrogen-bond donors (Lipinski definition) is 0. The van der Waals surface area contributed by atoms with Gasteiger partial charge in [-0.25, -0.2) is 0 Å². The second kappa shape index (κ2) is 30.0. The Hall–Kier alpha value is -2.88. The van der Waals surface area contributed by atoms with Crippen molar-refractivity contribution in [3.63, 3.8) is 0 Å². The zero-order chi connectivity index (χ0) is 36.9. The van der Waals surface area contributed by atoms with Gasteiger partial charge in [-0.3, -0.25) is 0 Å². The van der Waals surface area contributed by atoms with E-state index in [1.165, 1.54) is 76.3 Å². The van der Waals surface area contributed by atoms with Gasteiger partial charge in [0, 0.05) is 22.3 Å². The first-order valence-corrected chi connectivity index (χ1v) is 22.4. The first-order valence-electron chi connectivity index (χ1n) is 18.4. The zero-order valence-corrected chi connectivity index (χ0v) is 33.2. The van der Waals surface area contributed by atoms with E-state index in [1.807, 2.05) is 0 Å². The van der Waals surface area contributed by atoms with Gasteiger partial charge in [0.15, 0.2) is 0 Å². The third kappa shape index (κ3) is 21.1. The second-order valence-electron chi connectivity index (χ2n) is 12.3. The summed E-state index contributed by atoms with van der Waals surface area (Å²) in [5.74, 6) is -5.86. The van der Waals surface area contributed by atoms with Crippen molar-refractivity contribution < 1.29 is 39.6 Å². The van der Waals surface area contributed by atoms with Crippen LogP contribution in [0.5, 0.6) is 0 Å². The van der Waals surface area contributed by atoms with Gasteiger partial charge in [0.25, 0.3) is 0 Å². The van der Waals surface area contributed by atoms with Gasteiger partial charge in [-0.05, 0) is 36.8 Å². The van der Waals surface area contributed by atoms with Gasteiger partial charge in [-0.1, -0.05) is 114 Å². The summed E-state index contributed by atoms with van der Waals surface area (Å²) in [4.78, 5) is 44.1. The molecular formula is C40H58O8Sn. The zero-order valence-electron chi connectivity index (χ0n) is 30.4. The molecule has 0 fully saturated rings. The molecule has 8 nitrogen and oxygen atoms in total. The van der Waals surface area contributed by atoms with Crippen LogP contribution in [0.25, 0.3) is 0 Å². The average Bonchev–Trinajstić information content (AvgIpc) is 3.07. The molecule has 2 aromatic rings. The van der Waals surface area contributed by atoms with Crippen LogP contribution in [0.4, 0.5) is 0 Å². The predicted octanol–water partition coefficient (Wildman–Crippen LogP) is 5.76. The third-order valence-electron chi connectivity index (χ3n) is 8.16. The standard InChI is InChI=1S/2C16H22O4.2C4H9.Sn/c2*1-2-3-4-5-6-7-9-12-10-8-11-13(15(17)18)14(12)16(19)20;2*1-3-4-2;/h2*8,10-11H,2-7,9H2,1H3,(H,17,18)(H,19,20);2*1,3-4H2,2H3;/q;;;;+4/p-4. The molecule has 2 aromatic carbocycles. The van der Waals surface area contributed by atoms with Crippen LogP contribution in [0.2, 0.25) is 8.87 Å². The van der Waals surface area contributed by atoms with E-state index in [2.05, 4.69) is 27.7 Å². The molecule has 49 heavy (non-hydrogen) atoms. The number of carbonyl (C=O) groups excluding carboxylic acids is 4. The predicted molar refractivity (Wildman–Crippen MR) is 190 cm³/mol. The first-order chi connectivity index (χ1) is 23.6. The van der Waals surface area contributed by atoms with Gasteiger partial charge in [-0.15, -0.1) is 0 Å². The summed E-state index contributed by atoms with van der Waals surface area (Å²) in [6.45, 7) is 8.88. The number of rotatable bonds is 24. The van der Waals surface area contributed by atoms with Crippen LogP contribution >= 0.6 is 0 Å². The van der Waals surface area contributed by atoms with Gasteiger partial charge in [-0.2, -0.15) is 0 Å². The van der Waals surface area contributed by atoms with E-state index < -0.39 is 23.9 Å². The van der Waals surface area contributed by atoms with E-state index in [0.717, 1.165) is 38.5 Å². The normalized spacial score (nSPS) is 10.4. The molecule has 0 aliphatic carbocycles. The molecule has 0 atom stereocenters. The summed E-state index contributed by atoms with van der Waals surface area (Å²) in [7, 11) is 0. The summed E-state index contributed by atoms with van der Waals surface area (Å²) >= 11 is 0.149. The number of aromatic carboxylic acids is 4. The Balaban J connectivity index is 0.000000758. The van der Waals surface area contributed by atoms with Crippen molar-refractivity contribution in [3.05, 3.63) is 69.8 Å². The number of unbranched alkanes of at least 4 members (excludes halogenated alkanes) is 12. The number of carboxylic acids is 4. The Labute approximate surface area is 305 Å². The van der Waals surface area contributed by atoms with Crippen molar-refractivity contribution in [3.8, 4) is 0 Å². The third-order valence-corrected chi connectivity index (χ3v) is 12.2. The van der Waals surface area contributed by atoms with E-state index in [1.54, 1.807) is 33.1 Å². The summed E-state index contributed by atoms with van der Waals surface area (Å²) in [6.07, 6.45) is 20.1. The molecular weight excluding hydrogens is 727 g/mol. The quantitative estimate of drug-likeness (QED) is 0.0960. The second-order valence-corrected chi connectivity index (χ2v) is 16.6. The fourth-order valence-electron chi connectivity index (χ4n) is 5.36. The van der Waals surface area contributed by atoms with Crippen molar-refractivity contribution in [2.24, 2.45) is 0 Å². The minimum atomic E-state index is -1.48. The van der Waals surface area contributed by atoms with Gasteiger partial charge < -0.3 is 39.6 Å². The monoisotopic (exact) mass is 786 g/mol. The molecule has 0 aliphatic rings. The molecule has 270 valence electrons. The van der Waals surface area contributed by atoms with Crippen LogP contribution < -0.4 is 20.4 Å². The Morgan fingerprint density at radius 1 is 0.449 bits per heavy atom. The van der Waals surface area contributed by atoms with E-state index in [4.69, 9.17) is 0 Å². The molecule has 0 aromatic heterocycles. The molecule has 6 radical (unpaired) electrons. The minimum absolute atomic E-state index is 0.149. The molecule has 0 N–H and O–H groups in total. The van der Waals surface area contributed by atoms with Crippen molar-refractivity contribution in [2.75, 3.05) is 0 Å². The van der Waals surface area contributed by atoms with E-state index >= 15 is 0 Å². The molecule has 0 saturated heterocycles. The van der Waals surface area contributed by atoms with Crippen molar-refractivity contribution in [1.82, 2.24) is 0 Å². The molecule has 2 rings (SSSR count). The van der Waals surface area contributed by atoms with Gasteiger partial charge in [0.1, 0.15) is 0 Å². The Morgan fingerprint density at radius 3 is 1.08 bits per heavy atom. The molecule has 0 heterocycles. The van der Waals surface area contributed by atoms with Crippen molar-refractivity contribution >= 4 is 45.0 Å². The maximum absolute atomic E-state index is 11.1. The van der Waals surface area contributed by atoms with Crippen LogP contribution in [-0.4, -0.2) is 45.0 Å². The summed E-state index contributed by atoms with van der Waals surface area (Å²) < 4.78 is 3.25. The molecule has 0 spiro atoms. The fraction of sp³-hybridized carbons (Fsp3) is 0.600. The molecule has 9 heteroatoms. The van der Waals surface area contributed by atoms with Gasteiger partial charge >= 0.3 is 69.5 Å². The number of carboxylic acid groups (broad SMARTS) is 4. The van der Waals surface area contributed by atoms with Crippen LogP contribution in [0.15, 0.2) is 36.4 Å². The number of aryl methyl sites for hydroxylation is 2. The Morgan fingerprint density at radius 2 is 0.776 bits per heavy atom. The van der Waals surface area contributed by atoms with Crippen LogP contribution in [0, 0.1) is 0 Å². The molecule has 0 amide bonds. The van der Waals surface area contributed by atoms with Gasteiger partial charge in [0.05, 0.1) is 23.9 Å². The van der Waals surface area contributed by atoms with E-state index in [0.29, 0.717) is 24.0 Å². The average molecular weight is 786 g/mol.